The summed E-state index contributed by atoms with van der Waals surface area (Å²) in [6.45, 7) is 0. The number of benzene rings is 3. The zero-order chi connectivity index (χ0) is 14.1. The Balaban J connectivity index is 1.96. The van der Waals surface area contributed by atoms with Crippen LogP contribution in [0.2, 0.25) is 0 Å². The van der Waals surface area contributed by atoms with Crippen molar-refractivity contribution in [1.29, 1.82) is 0 Å². The Morgan fingerprint density at radius 3 is 2.45 bits per heavy atom. The van der Waals surface area contributed by atoms with Crippen molar-refractivity contribution in [1.82, 2.24) is 0 Å². The lowest BCUT2D eigenvalue weighted by Crippen LogP contribution is -1.92. The van der Waals surface area contributed by atoms with Crippen molar-refractivity contribution in [2.24, 2.45) is 0 Å². The van der Waals surface area contributed by atoms with Crippen LogP contribution in [-0.4, -0.2) is 0 Å². The predicted octanol–water partition coefficient (Wildman–Crippen LogP) is 5.58. The highest BCUT2D eigenvalue weighted by molar-refractivity contribution is 14.1. The van der Waals surface area contributed by atoms with E-state index in [-0.39, 0.29) is 0 Å². The predicted molar refractivity (Wildman–Crippen MR) is 95.3 cm³/mol. The standard InChI is InChI=1S/C16H11BrINO/c17-12-3-1-11-8-14(5-2-10(11)7-12)20-16-6-4-13(18)9-15(16)19/h1-9H,19H2. The van der Waals surface area contributed by atoms with Crippen LogP contribution in [0.5, 0.6) is 11.5 Å². The Morgan fingerprint density at radius 2 is 1.65 bits per heavy atom. The van der Waals surface area contributed by atoms with Gasteiger partial charge in [-0.3, -0.25) is 0 Å². The first-order chi connectivity index (χ1) is 9.61. The van der Waals surface area contributed by atoms with Crippen LogP contribution in [-0.2, 0) is 0 Å². The van der Waals surface area contributed by atoms with E-state index in [4.69, 9.17) is 10.5 Å². The Kier molecular flexibility index (Phi) is 3.85. The molecule has 2 N–H and O–H groups in total. The Morgan fingerprint density at radius 1 is 0.900 bits per heavy atom. The molecule has 3 aromatic carbocycles. The highest BCUT2D eigenvalue weighted by Crippen LogP contribution is 2.31. The van der Waals surface area contributed by atoms with Crippen molar-refractivity contribution < 1.29 is 4.74 Å². The van der Waals surface area contributed by atoms with Crippen molar-refractivity contribution in [3.05, 3.63) is 62.6 Å². The number of anilines is 1. The summed E-state index contributed by atoms with van der Waals surface area (Å²) in [6, 6.07) is 17.9. The molecule has 0 bridgehead atoms. The van der Waals surface area contributed by atoms with E-state index < -0.39 is 0 Å². The van der Waals surface area contributed by atoms with E-state index >= 15 is 0 Å². The molecule has 0 aliphatic carbocycles. The molecule has 2 nitrogen and oxygen atoms in total. The fourth-order valence-corrected chi connectivity index (χ4v) is 2.89. The topological polar surface area (TPSA) is 35.2 Å². The Bertz CT molecular complexity index is 789. The molecule has 4 heteroatoms. The van der Waals surface area contributed by atoms with Crippen LogP contribution in [0.1, 0.15) is 0 Å². The molecule has 0 amide bonds. The van der Waals surface area contributed by atoms with Crippen LogP contribution in [0.4, 0.5) is 5.69 Å². The molecule has 0 aliphatic heterocycles. The summed E-state index contributed by atoms with van der Waals surface area (Å²) < 4.78 is 8.03. The minimum absolute atomic E-state index is 0.646. The fraction of sp³-hybridized carbons (Fsp3) is 0. The smallest absolute Gasteiger partial charge is 0.150 e. The second-order valence-corrected chi connectivity index (χ2v) is 6.60. The van der Waals surface area contributed by atoms with Crippen molar-refractivity contribution in [2.75, 3.05) is 5.73 Å². The molecule has 0 heterocycles. The van der Waals surface area contributed by atoms with Gasteiger partial charge >= 0.3 is 0 Å². The van der Waals surface area contributed by atoms with Crippen LogP contribution in [0.25, 0.3) is 10.8 Å². The van der Waals surface area contributed by atoms with Crippen molar-refractivity contribution in [3.63, 3.8) is 0 Å². The molecule has 20 heavy (non-hydrogen) atoms. The molecule has 0 saturated carbocycles. The third kappa shape index (κ3) is 2.91. The largest absolute Gasteiger partial charge is 0.455 e. The average Bonchev–Trinajstić information content (AvgIpc) is 2.42. The molecule has 0 saturated heterocycles. The summed E-state index contributed by atoms with van der Waals surface area (Å²) in [7, 11) is 0. The molecule has 0 spiro atoms. The molecule has 3 rings (SSSR count). The van der Waals surface area contributed by atoms with Gasteiger partial charge < -0.3 is 10.5 Å². The lowest BCUT2D eigenvalue weighted by molar-refractivity contribution is 0.486. The van der Waals surface area contributed by atoms with Crippen molar-refractivity contribution in [3.8, 4) is 11.5 Å². The average molecular weight is 440 g/mol. The van der Waals surface area contributed by atoms with Crippen LogP contribution in [0.15, 0.2) is 59.1 Å². The number of nitrogens with two attached hydrogens (primary N) is 1. The molecular weight excluding hydrogens is 429 g/mol. The van der Waals surface area contributed by atoms with Gasteiger partial charge in [-0.15, -0.1) is 0 Å². The van der Waals surface area contributed by atoms with Crippen LogP contribution < -0.4 is 10.5 Å². The second-order valence-electron chi connectivity index (χ2n) is 4.44. The highest BCUT2D eigenvalue weighted by atomic mass is 127. The summed E-state index contributed by atoms with van der Waals surface area (Å²) in [5, 5.41) is 2.30. The number of hydrogen-bond acceptors (Lipinski definition) is 2. The van der Waals surface area contributed by atoms with Gasteiger partial charge in [0, 0.05) is 8.04 Å². The molecule has 0 fully saturated rings. The van der Waals surface area contributed by atoms with Gasteiger partial charge in [-0.2, -0.15) is 0 Å². The first kappa shape index (κ1) is 13.7. The molecule has 3 aromatic rings. The molecule has 0 aliphatic rings. The monoisotopic (exact) mass is 439 g/mol. The SMILES string of the molecule is Nc1cc(I)ccc1Oc1ccc2cc(Br)ccc2c1. The van der Waals surface area contributed by atoms with Gasteiger partial charge in [0.2, 0.25) is 0 Å². The Labute approximate surface area is 139 Å². The quantitative estimate of drug-likeness (QED) is 0.417. The maximum absolute atomic E-state index is 5.97. The van der Waals surface area contributed by atoms with E-state index in [1.807, 2.05) is 42.5 Å². The first-order valence-corrected chi connectivity index (χ1v) is 7.91. The van der Waals surface area contributed by atoms with E-state index in [1.54, 1.807) is 0 Å². The molecule has 100 valence electrons. The zero-order valence-electron chi connectivity index (χ0n) is 10.4. The van der Waals surface area contributed by atoms with Gasteiger partial charge in [0.05, 0.1) is 5.69 Å². The molecular formula is C16H11BrINO. The molecule has 0 atom stereocenters. The summed E-state index contributed by atoms with van der Waals surface area (Å²) in [6.07, 6.45) is 0. The third-order valence-electron chi connectivity index (χ3n) is 2.97. The maximum Gasteiger partial charge on any atom is 0.150 e. The van der Waals surface area contributed by atoms with Crippen LogP contribution in [0, 0.1) is 3.57 Å². The Hall–Kier alpha value is -1.27. The maximum atomic E-state index is 5.97. The van der Waals surface area contributed by atoms with E-state index in [9.17, 15) is 0 Å². The van der Waals surface area contributed by atoms with Crippen molar-refractivity contribution in [2.45, 2.75) is 0 Å². The molecule has 0 unspecified atom stereocenters. The molecule has 0 radical (unpaired) electrons. The van der Waals surface area contributed by atoms with Gasteiger partial charge in [0.1, 0.15) is 11.5 Å². The second kappa shape index (κ2) is 5.61. The minimum atomic E-state index is 0.646. The van der Waals surface area contributed by atoms with E-state index in [2.05, 4.69) is 50.7 Å². The van der Waals surface area contributed by atoms with Crippen LogP contribution in [0.3, 0.4) is 0 Å². The summed E-state index contributed by atoms with van der Waals surface area (Å²) >= 11 is 5.70. The number of nitrogen functional groups attached to an aromatic ring is 1. The number of ether oxygens (including phenoxy) is 1. The van der Waals surface area contributed by atoms with Crippen LogP contribution >= 0.6 is 38.5 Å². The fourth-order valence-electron chi connectivity index (χ4n) is 2.00. The lowest BCUT2D eigenvalue weighted by Gasteiger charge is -2.09. The number of hydrogen-bond donors (Lipinski definition) is 1. The lowest BCUT2D eigenvalue weighted by atomic mass is 10.1. The summed E-state index contributed by atoms with van der Waals surface area (Å²) in [5.74, 6) is 1.47. The number of rotatable bonds is 2. The zero-order valence-corrected chi connectivity index (χ0v) is 14.2. The van der Waals surface area contributed by atoms with Gasteiger partial charge in [0.25, 0.3) is 0 Å². The minimum Gasteiger partial charge on any atom is -0.455 e. The van der Waals surface area contributed by atoms with Gasteiger partial charge in [-0.05, 0) is 75.8 Å². The number of fused-ring (bicyclic) bond motifs is 1. The van der Waals surface area contributed by atoms with Gasteiger partial charge in [-0.25, -0.2) is 0 Å². The first-order valence-electron chi connectivity index (χ1n) is 6.04. The molecule has 0 aromatic heterocycles. The van der Waals surface area contributed by atoms with E-state index in [1.165, 1.54) is 5.39 Å². The third-order valence-corrected chi connectivity index (χ3v) is 4.14. The van der Waals surface area contributed by atoms with E-state index in [0.717, 1.165) is 19.2 Å². The summed E-state index contributed by atoms with van der Waals surface area (Å²) in [5.41, 5.74) is 6.61. The highest BCUT2D eigenvalue weighted by Gasteiger charge is 2.04. The number of halogens is 2. The normalized spacial score (nSPS) is 10.7. The van der Waals surface area contributed by atoms with Gasteiger partial charge in [0.15, 0.2) is 0 Å². The van der Waals surface area contributed by atoms with Gasteiger partial charge in [-0.1, -0.05) is 28.1 Å². The van der Waals surface area contributed by atoms with Crippen molar-refractivity contribution >= 4 is 55.0 Å². The summed E-state index contributed by atoms with van der Waals surface area (Å²) in [4.78, 5) is 0. The van der Waals surface area contributed by atoms with E-state index in [0.29, 0.717) is 11.4 Å².